The number of fused-ring (bicyclic) bond motifs is 3. The zero-order chi connectivity index (χ0) is 10.3. The number of aryl methyl sites for hydroxylation is 1. The molecule has 15 heavy (non-hydrogen) atoms. The Bertz CT molecular complexity index is 373. The maximum atomic E-state index is 3.50. The van der Waals surface area contributed by atoms with Crippen LogP contribution in [0.25, 0.3) is 0 Å². The van der Waals surface area contributed by atoms with Crippen LogP contribution in [0.3, 0.4) is 0 Å². The summed E-state index contributed by atoms with van der Waals surface area (Å²) in [4.78, 5) is 2.62. The maximum absolute atomic E-state index is 3.50. The fourth-order valence-electron chi connectivity index (χ4n) is 2.84. The number of rotatable bonds is 0. The Morgan fingerprint density at radius 3 is 3.20 bits per heavy atom. The Kier molecular flexibility index (Phi) is 2.26. The van der Waals surface area contributed by atoms with Gasteiger partial charge >= 0.3 is 0 Å². The van der Waals surface area contributed by atoms with Crippen LogP contribution >= 0.6 is 0 Å². The van der Waals surface area contributed by atoms with Crippen LogP contribution in [0, 0.1) is 6.92 Å². The summed E-state index contributed by atoms with van der Waals surface area (Å²) >= 11 is 0. The van der Waals surface area contributed by atoms with Gasteiger partial charge in [0.2, 0.25) is 0 Å². The molecule has 0 bridgehead atoms. The van der Waals surface area contributed by atoms with Crippen molar-refractivity contribution in [2.24, 2.45) is 0 Å². The van der Waals surface area contributed by atoms with Crippen LogP contribution in [0.15, 0.2) is 18.2 Å². The number of nitrogens with zero attached hydrogens (tertiary/aromatic N) is 1. The van der Waals surface area contributed by atoms with E-state index in [1.165, 1.54) is 25.1 Å². The van der Waals surface area contributed by atoms with Crippen LogP contribution in [0.2, 0.25) is 0 Å². The van der Waals surface area contributed by atoms with E-state index >= 15 is 0 Å². The molecular weight excluding hydrogens is 184 g/mol. The molecule has 2 aliphatic heterocycles. The molecule has 2 heterocycles. The fourth-order valence-corrected chi connectivity index (χ4v) is 2.84. The first kappa shape index (κ1) is 9.37. The normalized spacial score (nSPS) is 25.8. The van der Waals surface area contributed by atoms with Gasteiger partial charge in [-0.1, -0.05) is 23.8 Å². The molecule has 1 atom stereocenters. The number of nitrogens with one attached hydrogen (secondary N) is 1. The van der Waals surface area contributed by atoms with Crippen LogP contribution < -0.4 is 5.32 Å². The van der Waals surface area contributed by atoms with Gasteiger partial charge in [0.15, 0.2) is 0 Å². The highest BCUT2D eigenvalue weighted by atomic mass is 15.2. The van der Waals surface area contributed by atoms with E-state index in [1.54, 1.807) is 11.1 Å². The van der Waals surface area contributed by atoms with Gasteiger partial charge in [-0.2, -0.15) is 0 Å². The minimum Gasteiger partial charge on any atom is -0.314 e. The zero-order valence-corrected chi connectivity index (χ0v) is 9.29. The highest BCUT2D eigenvalue weighted by molar-refractivity contribution is 5.36. The summed E-state index contributed by atoms with van der Waals surface area (Å²) < 4.78 is 0. The molecule has 1 fully saturated rings. The van der Waals surface area contributed by atoms with Crippen LogP contribution in [0.4, 0.5) is 0 Å². The van der Waals surface area contributed by atoms with E-state index in [0.717, 1.165) is 13.1 Å². The Hall–Kier alpha value is -0.860. The Balaban J connectivity index is 2.01. The molecule has 0 amide bonds. The predicted molar refractivity (Wildman–Crippen MR) is 62.1 cm³/mol. The molecule has 2 nitrogen and oxygen atoms in total. The SMILES string of the molecule is Cc1ccc2c(c1)C1CNCCN1CC2. The van der Waals surface area contributed by atoms with Crippen molar-refractivity contribution in [3.63, 3.8) is 0 Å². The molecule has 0 radical (unpaired) electrons. The third kappa shape index (κ3) is 1.58. The van der Waals surface area contributed by atoms with Crippen LogP contribution in [0.1, 0.15) is 22.7 Å². The van der Waals surface area contributed by atoms with Gasteiger partial charge in [-0.05, 0) is 24.5 Å². The molecule has 1 aromatic rings. The summed E-state index contributed by atoms with van der Waals surface area (Å²) in [6.45, 7) is 6.91. The van der Waals surface area contributed by atoms with Crippen molar-refractivity contribution in [3.8, 4) is 0 Å². The lowest BCUT2D eigenvalue weighted by Gasteiger charge is -2.41. The quantitative estimate of drug-likeness (QED) is 0.686. The fraction of sp³-hybridized carbons (Fsp3) is 0.538. The molecule has 0 saturated carbocycles. The maximum Gasteiger partial charge on any atom is 0.0476 e. The average Bonchev–Trinajstić information content (AvgIpc) is 2.29. The Morgan fingerprint density at radius 2 is 2.27 bits per heavy atom. The van der Waals surface area contributed by atoms with E-state index in [-0.39, 0.29) is 0 Å². The molecule has 1 N–H and O–H groups in total. The molecule has 1 saturated heterocycles. The zero-order valence-electron chi connectivity index (χ0n) is 9.29. The summed E-state index contributed by atoms with van der Waals surface area (Å²) in [6, 6.07) is 7.56. The topological polar surface area (TPSA) is 15.3 Å². The van der Waals surface area contributed by atoms with Gasteiger partial charge in [0.1, 0.15) is 0 Å². The van der Waals surface area contributed by atoms with Crippen LogP contribution in [0.5, 0.6) is 0 Å². The first-order valence-corrected chi connectivity index (χ1v) is 5.89. The predicted octanol–water partition coefficient (Wildman–Crippen LogP) is 1.50. The van der Waals surface area contributed by atoms with Crippen molar-refractivity contribution in [1.82, 2.24) is 10.2 Å². The molecule has 80 valence electrons. The first-order valence-electron chi connectivity index (χ1n) is 5.89. The summed E-state index contributed by atoms with van der Waals surface area (Å²) in [7, 11) is 0. The van der Waals surface area contributed by atoms with Gasteiger partial charge in [0, 0.05) is 32.2 Å². The van der Waals surface area contributed by atoms with Crippen molar-refractivity contribution in [2.75, 3.05) is 26.2 Å². The van der Waals surface area contributed by atoms with E-state index in [9.17, 15) is 0 Å². The van der Waals surface area contributed by atoms with E-state index < -0.39 is 0 Å². The second kappa shape index (κ2) is 3.62. The smallest absolute Gasteiger partial charge is 0.0476 e. The number of benzene rings is 1. The van der Waals surface area contributed by atoms with E-state index in [4.69, 9.17) is 0 Å². The summed E-state index contributed by atoms with van der Waals surface area (Å²) in [5, 5.41) is 3.50. The summed E-state index contributed by atoms with van der Waals surface area (Å²) in [5.41, 5.74) is 4.51. The third-order valence-corrected chi connectivity index (χ3v) is 3.68. The van der Waals surface area contributed by atoms with Crippen molar-refractivity contribution >= 4 is 0 Å². The van der Waals surface area contributed by atoms with Gasteiger partial charge < -0.3 is 5.32 Å². The highest BCUT2D eigenvalue weighted by Gasteiger charge is 2.28. The lowest BCUT2D eigenvalue weighted by molar-refractivity contribution is 0.152. The van der Waals surface area contributed by atoms with E-state index in [1.807, 2.05) is 0 Å². The third-order valence-electron chi connectivity index (χ3n) is 3.68. The summed E-state index contributed by atoms with van der Waals surface area (Å²) in [5.74, 6) is 0. The minimum absolute atomic E-state index is 0.627. The highest BCUT2D eigenvalue weighted by Crippen LogP contribution is 2.30. The van der Waals surface area contributed by atoms with Gasteiger partial charge in [-0.3, -0.25) is 4.90 Å². The lowest BCUT2D eigenvalue weighted by Crippen LogP contribution is -2.48. The van der Waals surface area contributed by atoms with Crippen molar-refractivity contribution in [3.05, 3.63) is 34.9 Å². The van der Waals surface area contributed by atoms with Crippen molar-refractivity contribution < 1.29 is 0 Å². The second-order valence-corrected chi connectivity index (χ2v) is 4.71. The molecule has 0 aromatic heterocycles. The van der Waals surface area contributed by atoms with Crippen molar-refractivity contribution in [2.45, 2.75) is 19.4 Å². The molecule has 0 aliphatic carbocycles. The first-order chi connectivity index (χ1) is 7.34. The summed E-state index contributed by atoms with van der Waals surface area (Å²) in [6.07, 6.45) is 1.23. The lowest BCUT2D eigenvalue weighted by atomic mass is 9.90. The molecule has 2 heteroatoms. The number of piperazine rings is 1. The molecule has 1 aromatic carbocycles. The largest absolute Gasteiger partial charge is 0.314 e. The van der Waals surface area contributed by atoms with Gasteiger partial charge in [-0.15, -0.1) is 0 Å². The molecule has 1 unspecified atom stereocenters. The monoisotopic (exact) mass is 202 g/mol. The Morgan fingerprint density at radius 1 is 1.33 bits per heavy atom. The van der Waals surface area contributed by atoms with E-state index in [2.05, 4.69) is 35.3 Å². The average molecular weight is 202 g/mol. The van der Waals surface area contributed by atoms with Crippen molar-refractivity contribution in [1.29, 1.82) is 0 Å². The van der Waals surface area contributed by atoms with Gasteiger partial charge in [0.25, 0.3) is 0 Å². The van der Waals surface area contributed by atoms with Crippen LogP contribution in [-0.4, -0.2) is 31.1 Å². The van der Waals surface area contributed by atoms with Crippen LogP contribution in [-0.2, 0) is 6.42 Å². The molecule has 3 rings (SSSR count). The molecule has 2 aliphatic rings. The van der Waals surface area contributed by atoms with Gasteiger partial charge in [-0.25, -0.2) is 0 Å². The van der Waals surface area contributed by atoms with E-state index in [0.29, 0.717) is 6.04 Å². The minimum atomic E-state index is 0.627. The number of hydrogen-bond donors (Lipinski definition) is 1. The van der Waals surface area contributed by atoms with Gasteiger partial charge in [0.05, 0.1) is 0 Å². The molecular formula is C13H18N2. The molecule has 0 spiro atoms. The second-order valence-electron chi connectivity index (χ2n) is 4.71. The Labute approximate surface area is 91.3 Å². The standard InChI is InChI=1S/C13H18N2/c1-10-2-3-11-4-6-15-7-5-14-9-13(15)12(11)8-10/h2-3,8,13-14H,4-7,9H2,1H3. The number of hydrogen-bond acceptors (Lipinski definition) is 2.